The second-order valence-electron chi connectivity index (χ2n) is 9.56. The minimum atomic E-state index is -3.23. The number of alkyl halides is 2. The summed E-state index contributed by atoms with van der Waals surface area (Å²) in [5.41, 5.74) is -0.224. The lowest BCUT2D eigenvalue weighted by atomic mass is 9.98. The number of nitrogens with zero attached hydrogens (tertiary/aromatic N) is 4. The van der Waals surface area contributed by atoms with Crippen LogP contribution in [0.3, 0.4) is 0 Å². The van der Waals surface area contributed by atoms with E-state index in [-0.39, 0.29) is 56.8 Å². The first-order valence-corrected chi connectivity index (χ1v) is 14.1. The maximum absolute atomic E-state index is 15.3. The Kier molecular flexibility index (Phi) is 4.69. The lowest BCUT2D eigenvalue weighted by molar-refractivity contribution is -0.0507. The fourth-order valence-corrected chi connectivity index (χ4v) is 6.30. The van der Waals surface area contributed by atoms with Crippen LogP contribution < -0.4 is 10.0 Å². The predicted octanol–water partition coefficient (Wildman–Crippen LogP) is 5.35. The van der Waals surface area contributed by atoms with E-state index in [0.717, 1.165) is 12.1 Å². The van der Waals surface area contributed by atoms with E-state index in [1.165, 1.54) is 48.2 Å². The molecule has 2 aromatic carbocycles. The van der Waals surface area contributed by atoms with Gasteiger partial charge in [0.15, 0.2) is 11.5 Å². The molecular weight excluding hydrogens is 523 g/mol. The standard InChI is InChI=1S/C26H21F4N4O3P/c1-33-18-11-17(21-13(25(33)35)5-4-6-19(21)37-26(29)30)34-23-16(31-24(18)34)10-15(28)22(32-23)12-7-8-20(14(27)9-12)38(2,3)36/h4-10,17-18,26H,11H2,1-3H3/t17-,18-/m1/s1/i1D3. The SMILES string of the molecule is [2H]C([2H])([2H])N1C(=O)c2cccc(OC(F)F)c2[C@H]2C[C@@H]1c1nc3cc(F)c(-c4ccc(P(C)(C)=O)c(F)c4)nc3n12. The number of ether oxygens (including phenoxy) is 1. The lowest BCUT2D eigenvalue weighted by Crippen LogP contribution is -2.30. The minimum absolute atomic E-state index is 0.00406. The number of imidazole rings is 1. The summed E-state index contributed by atoms with van der Waals surface area (Å²) < 4.78 is 99.8. The number of carbonyl (C=O) groups excluding carboxylic acids is 1. The average molecular weight is 547 g/mol. The van der Waals surface area contributed by atoms with Crippen LogP contribution in [-0.2, 0) is 4.57 Å². The summed E-state index contributed by atoms with van der Waals surface area (Å²) in [4.78, 5) is 23.0. The number of fused-ring (bicyclic) bond motifs is 9. The fraction of sp³-hybridized carbons (Fsp3) is 0.269. The Labute approximate surface area is 218 Å². The van der Waals surface area contributed by atoms with E-state index >= 15 is 4.39 Å². The van der Waals surface area contributed by atoms with Gasteiger partial charge in [0.1, 0.15) is 35.7 Å². The number of amides is 1. The summed E-state index contributed by atoms with van der Waals surface area (Å²) in [7, 11) is -2.95. The smallest absolute Gasteiger partial charge is 0.387 e. The second-order valence-corrected chi connectivity index (χ2v) is 12.7. The summed E-state index contributed by atoms with van der Waals surface area (Å²) >= 11 is 0. The zero-order valence-electron chi connectivity index (χ0n) is 23.0. The van der Waals surface area contributed by atoms with Gasteiger partial charge in [-0.25, -0.2) is 18.7 Å². The molecule has 196 valence electrons. The maximum Gasteiger partial charge on any atom is 0.387 e. The van der Waals surface area contributed by atoms with Crippen molar-refractivity contribution in [2.45, 2.75) is 25.1 Å². The zero-order chi connectivity index (χ0) is 29.6. The topological polar surface area (TPSA) is 77.3 Å². The normalized spacial score (nSPS) is 20.1. The summed E-state index contributed by atoms with van der Waals surface area (Å²) in [5.74, 6) is -2.80. The van der Waals surface area contributed by atoms with E-state index in [1.807, 2.05) is 0 Å². The number of hydrogen-bond acceptors (Lipinski definition) is 5. The van der Waals surface area contributed by atoms with Crippen LogP contribution in [-0.4, -0.2) is 52.3 Å². The number of hydrogen-bond donors (Lipinski definition) is 0. The van der Waals surface area contributed by atoms with Crippen LogP contribution >= 0.6 is 7.14 Å². The lowest BCUT2D eigenvalue weighted by Gasteiger charge is -2.24. The van der Waals surface area contributed by atoms with Crippen molar-refractivity contribution in [1.29, 1.82) is 0 Å². The fourth-order valence-electron chi connectivity index (χ4n) is 5.28. The molecule has 0 aliphatic carbocycles. The Morgan fingerprint density at radius 3 is 2.58 bits per heavy atom. The van der Waals surface area contributed by atoms with Gasteiger partial charge in [0.05, 0.1) is 12.1 Å². The van der Waals surface area contributed by atoms with Crippen LogP contribution in [0.4, 0.5) is 17.6 Å². The van der Waals surface area contributed by atoms with Crippen LogP contribution in [0.5, 0.6) is 5.75 Å². The summed E-state index contributed by atoms with van der Waals surface area (Å²) in [6.45, 7) is -3.35. The van der Waals surface area contributed by atoms with Crippen molar-refractivity contribution in [3.63, 3.8) is 0 Å². The maximum atomic E-state index is 15.3. The van der Waals surface area contributed by atoms with E-state index < -0.39 is 50.4 Å². The Morgan fingerprint density at radius 2 is 1.89 bits per heavy atom. The molecule has 6 rings (SSSR count). The largest absolute Gasteiger partial charge is 0.434 e. The zero-order valence-corrected chi connectivity index (χ0v) is 20.8. The Morgan fingerprint density at radius 1 is 1.11 bits per heavy atom. The highest BCUT2D eigenvalue weighted by atomic mass is 31.2. The molecule has 38 heavy (non-hydrogen) atoms. The van der Waals surface area contributed by atoms with Crippen LogP contribution in [0, 0.1) is 11.6 Å². The minimum Gasteiger partial charge on any atom is -0.434 e. The molecule has 0 unspecified atom stereocenters. The molecule has 2 aliphatic rings. The average Bonchev–Trinajstić information content (AvgIpc) is 3.33. The van der Waals surface area contributed by atoms with Gasteiger partial charge in [-0.3, -0.25) is 4.79 Å². The van der Waals surface area contributed by atoms with Crippen LogP contribution in [0.25, 0.3) is 22.4 Å². The van der Waals surface area contributed by atoms with Crippen molar-refractivity contribution < 1.29 is 35.8 Å². The summed E-state index contributed by atoms with van der Waals surface area (Å²) in [5, 5.41) is -0.00406. The van der Waals surface area contributed by atoms with Gasteiger partial charge in [0.25, 0.3) is 5.91 Å². The first-order valence-electron chi connectivity index (χ1n) is 13.0. The molecule has 0 spiro atoms. The van der Waals surface area contributed by atoms with Gasteiger partial charge >= 0.3 is 6.61 Å². The molecule has 4 aromatic rings. The monoisotopic (exact) mass is 547 g/mol. The van der Waals surface area contributed by atoms with E-state index in [9.17, 15) is 22.5 Å². The molecule has 7 nitrogen and oxygen atoms in total. The second kappa shape index (κ2) is 8.39. The summed E-state index contributed by atoms with van der Waals surface area (Å²) in [6.07, 6.45) is -0.0426. The molecule has 2 aromatic heterocycles. The Balaban J connectivity index is 1.61. The van der Waals surface area contributed by atoms with Crippen molar-refractivity contribution in [1.82, 2.24) is 19.4 Å². The van der Waals surface area contributed by atoms with E-state index in [1.54, 1.807) is 0 Å². The van der Waals surface area contributed by atoms with Crippen molar-refractivity contribution >= 4 is 29.5 Å². The molecule has 2 bridgehead atoms. The van der Waals surface area contributed by atoms with Gasteiger partial charge in [0.2, 0.25) is 0 Å². The van der Waals surface area contributed by atoms with Gasteiger partial charge in [-0.15, -0.1) is 0 Å². The molecule has 12 heteroatoms. The third-order valence-corrected chi connectivity index (χ3v) is 8.40. The Hall–Kier alpha value is -3.72. The first-order chi connectivity index (χ1) is 19.2. The van der Waals surface area contributed by atoms with Crippen molar-refractivity contribution in [3.05, 3.63) is 71.1 Å². The third kappa shape index (κ3) is 3.63. The first kappa shape index (κ1) is 21.2. The highest BCUT2D eigenvalue weighted by molar-refractivity contribution is 7.70. The predicted molar refractivity (Wildman–Crippen MR) is 133 cm³/mol. The van der Waals surface area contributed by atoms with Gasteiger partial charge in [-0.05, 0) is 37.6 Å². The number of halogens is 4. The van der Waals surface area contributed by atoms with Gasteiger partial charge in [-0.2, -0.15) is 8.78 Å². The molecule has 0 saturated carbocycles. The van der Waals surface area contributed by atoms with Crippen molar-refractivity contribution in [3.8, 4) is 17.0 Å². The molecule has 0 radical (unpaired) electrons. The number of benzene rings is 2. The van der Waals surface area contributed by atoms with Crippen molar-refractivity contribution in [2.24, 2.45) is 0 Å². The van der Waals surface area contributed by atoms with E-state index in [0.29, 0.717) is 4.90 Å². The van der Waals surface area contributed by atoms with Crippen molar-refractivity contribution in [2.75, 3.05) is 20.3 Å². The van der Waals surface area contributed by atoms with Crippen LogP contribution in [0.1, 0.15) is 44.4 Å². The number of pyridine rings is 1. The quantitative estimate of drug-likeness (QED) is 0.255. The van der Waals surface area contributed by atoms with E-state index in [4.69, 9.17) is 8.85 Å². The molecule has 0 fully saturated rings. The number of carbonyl (C=O) groups is 1. The van der Waals surface area contributed by atoms with Crippen LogP contribution in [0.2, 0.25) is 0 Å². The number of rotatable bonds is 4. The number of aromatic nitrogens is 3. The molecule has 1 amide bonds. The highest BCUT2D eigenvalue weighted by Gasteiger charge is 2.45. The van der Waals surface area contributed by atoms with Gasteiger partial charge in [0, 0.05) is 45.6 Å². The van der Waals surface area contributed by atoms with Crippen LogP contribution in [0.15, 0.2) is 42.5 Å². The van der Waals surface area contributed by atoms with Gasteiger partial charge < -0.3 is 18.8 Å². The summed E-state index contributed by atoms with van der Waals surface area (Å²) in [6, 6.07) is 6.62. The highest BCUT2D eigenvalue weighted by Crippen LogP contribution is 2.50. The van der Waals surface area contributed by atoms with Gasteiger partial charge in [-0.1, -0.05) is 12.1 Å². The molecule has 0 N–H and O–H groups in total. The Bertz CT molecular complexity index is 1810. The third-order valence-electron chi connectivity index (χ3n) is 6.88. The molecule has 2 atom stereocenters. The molecule has 0 saturated heterocycles. The molecule has 4 heterocycles. The molecule has 2 aliphatic heterocycles. The molecular formula is C26H21F4N4O3P. The van der Waals surface area contributed by atoms with E-state index in [2.05, 4.69) is 9.97 Å².